The Labute approximate surface area is 99.5 Å². The molecule has 16 heavy (non-hydrogen) atoms. The molecule has 0 saturated carbocycles. The zero-order valence-electron chi connectivity index (χ0n) is 9.80. The highest BCUT2D eigenvalue weighted by molar-refractivity contribution is 7.11. The summed E-state index contributed by atoms with van der Waals surface area (Å²) in [6.07, 6.45) is 2.30. The Morgan fingerprint density at radius 1 is 1.62 bits per heavy atom. The molecule has 2 N–H and O–H groups in total. The molecular weight excluding hydrogens is 222 g/mol. The molecule has 0 aromatic carbocycles. The SMILES string of the molecule is CC(C)c1ncc(C2C(N)CC(=O)N2C)s1. The molecule has 2 atom stereocenters. The molecule has 1 fully saturated rings. The van der Waals surface area contributed by atoms with Crippen molar-refractivity contribution >= 4 is 17.2 Å². The second-order valence-corrected chi connectivity index (χ2v) is 5.67. The fraction of sp³-hybridized carbons (Fsp3) is 0.636. The number of amides is 1. The summed E-state index contributed by atoms with van der Waals surface area (Å²) < 4.78 is 0. The van der Waals surface area contributed by atoms with Gasteiger partial charge in [-0.3, -0.25) is 4.79 Å². The first-order valence-corrected chi connectivity index (χ1v) is 6.29. The standard InChI is InChI=1S/C11H17N3OS/c1-6(2)11-13-5-8(16-11)10-7(12)4-9(15)14(10)3/h5-7,10H,4,12H2,1-3H3. The Balaban J connectivity index is 2.26. The lowest BCUT2D eigenvalue weighted by molar-refractivity contribution is -0.127. The van der Waals surface area contributed by atoms with Gasteiger partial charge in [0.15, 0.2) is 0 Å². The lowest BCUT2D eigenvalue weighted by Crippen LogP contribution is -2.29. The summed E-state index contributed by atoms with van der Waals surface area (Å²) in [6.45, 7) is 4.23. The van der Waals surface area contributed by atoms with Gasteiger partial charge in [-0.2, -0.15) is 0 Å². The van der Waals surface area contributed by atoms with Crippen molar-refractivity contribution < 1.29 is 4.79 Å². The molecule has 88 valence electrons. The normalized spacial score (nSPS) is 25.8. The van der Waals surface area contributed by atoms with Gasteiger partial charge in [0.05, 0.1) is 11.0 Å². The van der Waals surface area contributed by atoms with E-state index in [9.17, 15) is 4.79 Å². The number of carbonyl (C=O) groups is 1. The number of likely N-dealkylation sites (tertiary alicyclic amines) is 1. The van der Waals surface area contributed by atoms with Crippen LogP contribution in [0.5, 0.6) is 0 Å². The van der Waals surface area contributed by atoms with E-state index in [-0.39, 0.29) is 18.0 Å². The topological polar surface area (TPSA) is 59.2 Å². The van der Waals surface area contributed by atoms with Crippen LogP contribution in [0.15, 0.2) is 6.20 Å². The quantitative estimate of drug-likeness (QED) is 0.850. The average molecular weight is 239 g/mol. The molecule has 2 heterocycles. The highest BCUT2D eigenvalue weighted by Gasteiger charge is 2.37. The first-order valence-electron chi connectivity index (χ1n) is 5.47. The van der Waals surface area contributed by atoms with Crippen molar-refractivity contribution in [3.05, 3.63) is 16.1 Å². The van der Waals surface area contributed by atoms with Gasteiger partial charge in [-0.1, -0.05) is 13.8 Å². The maximum Gasteiger partial charge on any atom is 0.224 e. The van der Waals surface area contributed by atoms with E-state index < -0.39 is 0 Å². The Morgan fingerprint density at radius 3 is 2.75 bits per heavy atom. The van der Waals surface area contributed by atoms with E-state index in [0.717, 1.165) is 9.88 Å². The number of thiazole rings is 1. The third-order valence-electron chi connectivity index (χ3n) is 2.95. The van der Waals surface area contributed by atoms with E-state index in [1.165, 1.54) is 0 Å². The Kier molecular flexibility index (Phi) is 2.99. The maximum absolute atomic E-state index is 11.5. The maximum atomic E-state index is 11.5. The predicted molar refractivity (Wildman–Crippen MR) is 64.3 cm³/mol. The summed E-state index contributed by atoms with van der Waals surface area (Å²) in [5, 5.41) is 1.11. The summed E-state index contributed by atoms with van der Waals surface area (Å²) in [4.78, 5) is 18.8. The van der Waals surface area contributed by atoms with Crippen molar-refractivity contribution in [2.45, 2.75) is 38.3 Å². The zero-order valence-corrected chi connectivity index (χ0v) is 10.6. The van der Waals surface area contributed by atoms with Crippen LogP contribution in [-0.4, -0.2) is 28.9 Å². The number of carbonyl (C=O) groups excluding carboxylic acids is 1. The van der Waals surface area contributed by atoms with Gasteiger partial charge in [0.1, 0.15) is 0 Å². The molecule has 0 radical (unpaired) electrons. The summed E-state index contributed by atoms with van der Waals surface area (Å²) in [5.41, 5.74) is 5.99. The molecule has 1 aromatic heterocycles. The second-order valence-electron chi connectivity index (χ2n) is 4.57. The van der Waals surface area contributed by atoms with Crippen molar-refractivity contribution in [1.82, 2.24) is 9.88 Å². The molecule has 0 bridgehead atoms. The van der Waals surface area contributed by atoms with Crippen molar-refractivity contribution in [3.63, 3.8) is 0 Å². The van der Waals surface area contributed by atoms with Gasteiger partial charge >= 0.3 is 0 Å². The Bertz CT molecular complexity index is 402. The van der Waals surface area contributed by atoms with Crippen molar-refractivity contribution in [2.75, 3.05) is 7.05 Å². The van der Waals surface area contributed by atoms with Gasteiger partial charge in [-0.05, 0) is 0 Å². The van der Waals surface area contributed by atoms with Crippen LogP contribution in [0.4, 0.5) is 0 Å². The van der Waals surface area contributed by atoms with Crippen molar-refractivity contribution in [1.29, 1.82) is 0 Å². The van der Waals surface area contributed by atoms with Gasteiger partial charge in [-0.25, -0.2) is 4.98 Å². The molecule has 1 aliphatic rings. The van der Waals surface area contributed by atoms with Crippen LogP contribution in [-0.2, 0) is 4.79 Å². The van der Waals surface area contributed by atoms with Gasteiger partial charge in [0.25, 0.3) is 0 Å². The minimum absolute atomic E-state index is 0.0116. The highest BCUT2D eigenvalue weighted by atomic mass is 32.1. The third kappa shape index (κ3) is 1.85. The zero-order chi connectivity index (χ0) is 11.9. The first kappa shape index (κ1) is 11.5. The van der Waals surface area contributed by atoms with Crippen LogP contribution in [0.25, 0.3) is 0 Å². The fourth-order valence-electron chi connectivity index (χ4n) is 2.01. The van der Waals surface area contributed by atoms with E-state index >= 15 is 0 Å². The predicted octanol–water partition coefficient (Wildman–Crippen LogP) is 1.50. The summed E-state index contributed by atoms with van der Waals surface area (Å²) >= 11 is 1.66. The molecule has 2 rings (SSSR count). The lowest BCUT2D eigenvalue weighted by Gasteiger charge is -2.20. The van der Waals surface area contributed by atoms with Crippen LogP contribution < -0.4 is 5.73 Å². The molecule has 0 spiro atoms. The van der Waals surface area contributed by atoms with Crippen LogP contribution in [0.1, 0.15) is 42.1 Å². The van der Waals surface area contributed by atoms with Gasteiger partial charge in [0.2, 0.25) is 5.91 Å². The number of likely N-dealkylation sites (N-methyl/N-ethyl adjacent to an activating group) is 1. The van der Waals surface area contributed by atoms with E-state index in [2.05, 4.69) is 18.8 Å². The minimum Gasteiger partial charge on any atom is -0.336 e. The van der Waals surface area contributed by atoms with E-state index in [1.807, 2.05) is 13.2 Å². The molecule has 1 saturated heterocycles. The molecule has 2 unspecified atom stereocenters. The van der Waals surface area contributed by atoms with E-state index in [1.54, 1.807) is 16.2 Å². The average Bonchev–Trinajstić information content (AvgIpc) is 2.74. The fourth-order valence-corrected chi connectivity index (χ4v) is 3.15. The molecular formula is C11H17N3OS. The Hall–Kier alpha value is -0.940. The van der Waals surface area contributed by atoms with Gasteiger partial charge < -0.3 is 10.6 Å². The minimum atomic E-state index is -0.0991. The molecule has 5 heteroatoms. The van der Waals surface area contributed by atoms with Crippen LogP contribution in [0.3, 0.4) is 0 Å². The molecule has 0 aliphatic carbocycles. The summed E-state index contributed by atoms with van der Waals surface area (Å²) in [5.74, 6) is 0.550. The summed E-state index contributed by atoms with van der Waals surface area (Å²) in [6, 6.07) is -0.0875. The summed E-state index contributed by atoms with van der Waals surface area (Å²) in [7, 11) is 1.81. The van der Waals surface area contributed by atoms with Crippen LogP contribution >= 0.6 is 11.3 Å². The van der Waals surface area contributed by atoms with Crippen LogP contribution in [0.2, 0.25) is 0 Å². The monoisotopic (exact) mass is 239 g/mol. The first-order chi connectivity index (χ1) is 7.50. The van der Waals surface area contributed by atoms with Crippen molar-refractivity contribution in [3.8, 4) is 0 Å². The lowest BCUT2D eigenvalue weighted by atomic mass is 10.1. The number of nitrogens with two attached hydrogens (primary N) is 1. The smallest absolute Gasteiger partial charge is 0.224 e. The second kappa shape index (κ2) is 4.14. The number of rotatable bonds is 2. The molecule has 4 nitrogen and oxygen atoms in total. The molecule has 1 aromatic rings. The largest absolute Gasteiger partial charge is 0.336 e. The Morgan fingerprint density at radius 2 is 2.31 bits per heavy atom. The number of aromatic nitrogens is 1. The van der Waals surface area contributed by atoms with Gasteiger partial charge in [-0.15, -0.1) is 11.3 Å². The number of nitrogens with zero attached hydrogens (tertiary/aromatic N) is 2. The molecule has 1 aliphatic heterocycles. The molecule has 1 amide bonds. The third-order valence-corrected chi connectivity index (χ3v) is 4.32. The van der Waals surface area contributed by atoms with E-state index in [0.29, 0.717) is 12.3 Å². The highest BCUT2D eigenvalue weighted by Crippen LogP contribution is 2.35. The van der Waals surface area contributed by atoms with Crippen molar-refractivity contribution in [2.24, 2.45) is 5.73 Å². The van der Waals surface area contributed by atoms with Gasteiger partial charge in [0, 0.05) is 36.5 Å². The number of hydrogen-bond donors (Lipinski definition) is 1. The number of hydrogen-bond acceptors (Lipinski definition) is 4. The van der Waals surface area contributed by atoms with Crippen LogP contribution in [0, 0.1) is 0 Å². The van der Waals surface area contributed by atoms with E-state index in [4.69, 9.17) is 5.73 Å².